The molecular weight excluding hydrogens is 236 g/mol. The molecule has 0 aromatic heterocycles. The van der Waals surface area contributed by atoms with Crippen molar-refractivity contribution in [1.82, 2.24) is 5.32 Å². The van der Waals surface area contributed by atoms with Crippen LogP contribution in [-0.2, 0) is 4.79 Å². The van der Waals surface area contributed by atoms with Crippen molar-refractivity contribution in [2.45, 2.75) is 73.3 Å². The molecule has 0 aromatic rings. The van der Waals surface area contributed by atoms with Crippen molar-refractivity contribution in [3.05, 3.63) is 0 Å². The molecule has 1 unspecified atom stereocenters. The molecule has 114 valence electrons. The van der Waals surface area contributed by atoms with Crippen LogP contribution in [0.4, 0.5) is 0 Å². The Bertz CT molecular complexity index is 282. The van der Waals surface area contributed by atoms with Gasteiger partial charge >= 0.3 is 0 Å². The summed E-state index contributed by atoms with van der Waals surface area (Å²) in [4.78, 5) is 12.1. The average molecular weight is 270 g/mol. The van der Waals surface area contributed by atoms with Gasteiger partial charge in [-0.05, 0) is 23.7 Å². The predicted molar refractivity (Wildman–Crippen MR) is 82.9 cm³/mol. The maximum Gasteiger partial charge on any atom is 0.238 e. The van der Waals surface area contributed by atoms with Crippen LogP contribution in [0.15, 0.2) is 0 Å². The molecule has 0 aliphatic carbocycles. The van der Waals surface area contributed by atoms with Gasteiger partial charge in [-0.25, -0.2) is 0 Å². The van der Waals surface area contributed by atoms with Crippen molar-refractivity contribution in [2.24, 2.45) is 23.0 Å². The van der Waals surface area contributed by atoms with Gasteiger partial charge in [-0.15, -0.1) is 0 Å². The highest BCUT2D eigenvalue weighted by Crippen LogP contribution is 2.31. The molecular formula is C16H34N2O. The molecule has 0 fully saturated rings. The second kappa shape index (κ2) is 7.28. The third kappa shape index (κ3) is 4.20. The second-order valence-electron chi connectivity index (χ2n) is 6.70. The first-order valence-corrected chi connectivity index (χ1v) is 7.72. The number of rotatable bonds is 9. The Hall–Kier alpha value is -0.570. The van der Waals surface area contributed by atoms with E-state index in [9.17, 15) is 4.79 Å². The van der Waals surface area contributed by atoms with E-state index in [1.165, 1.54) is 0 Å². The summed E-state index contributed by atoms with van der Waals surface area (Å²) in [6, 6.07) is 0. The molecule has 0 rings (SSSR count). The van der Waals surface area contributed by atoms with Crippen LogP contribution in [0.25, 0.3) is 0 Å². The summed E-state index contributed by atoms with van der Waals surface area (Å²) in [5, 5.41) is 3.53. The van der Waals surface area contributed by atoms with Gasteiger partial charge < -0.3 is 11.1 Å². The average Bonchev–Trinajstić information content (AvgIpc) is 2.34. The molecule has 0 saturated carbocycles. The Kier molecular flexibility index (Phi) is 7.06. The number of hydrogen-bond donors (Lipinski definition) is 2. The minimum atomic E-state index is -0.560. The van der Waals surface area contributed by atoms with Crippen LogP contribution in [0, 0.1) is 17.3 Å². The lowest BCUT2D eigenvalue weighted by Gasteiger charge is -2.41. The number of nitrogens with one attached hydrogen (secondary N) is 1. The molecule has 0 spiro atoms. The quantitative estimate of drug-likeness (QED) is 0.675. The minimum absolute atomic E-state index is 0.155. The highest BCUT2D eigenvalue weighted by molar-refractivity contribution is 5.85. The summed E-state index contributed by atoms with van der Waals surface area (Å²) in [6.07, 6.45) is 2.70. The Labute approximate surface area is 119 Å². The van der Waals surface area contributed by atoms with Gasteiger partial charge in [-0.1, -0.05) is 61.3 Å². The van der Waals surface area contributed by atoms with E-state index in [4.69, 9.17) is 5.73 Å². The van der Waals surface area contributed by atoms with Gasteiger partial charge in [0, 0.05) is 6.54 Å². The Balaban J connectivity index is 5.13. The molecule has 3 N–H and O–H groups in total. The number of primary amides is 1. The summed E-state index contributed by atoms with van der Waals surface area (Å²) in [5.41, 5.74) is 5.33. The first-order chi connectivity index (χ1) is 8.67. The maximum atomic E-state index is 12.1. The van der Waals surface area contributed by atoms with E-state index < -0.39 is 5.54 Å². The van der Waals surface area contributed by atoms with E-state index in [-0.39, 0.29) is 11.3 Å². The fraction of sp³-hybridized carbons (Fsp3) is 0.938. The van der Waals surface area contributed by atoms with E-state index in [1.54, 1.807) is 0 Å². The van der Waals surface area contributed by atoms with Crippen LogP contribution < -0.4 is 11.1 Å². The van der Waals surface area contributed by atoms with Gasteiger partial charge in [-0.3, -0.25) is 4.79 Å². The molecule has 19 heavy (non-hydrogen) atoms. The zero-order valence-electron chi connectivity index (χ0n) is 14.0. The van der Waals surface area contributed by atoms with Crippen LogP contribution in [0.1, 0.15) is 67.7 Å². The van der Waals surface area contributed by atoms with Crippen LogP contribution in [0.3, 0.4) is 0 Å². The highest BCUT2D eigenvalue weighted by Gasteiger charge is 2.41. The Morgan fingerprint density at radius 3 is 1.89 bits per heavy atom. The normalized spacial score (nSPS) is 15.8. The predicted octanol–water partition coefficient (Wildman–Crippen LogP) is 3.33. The zero-order valence-corrected chi connectivity index (χ0v) is 14.0. The molecule has 0 radical (unpaired) electrons. The van der Waals surface area contributed by atoms with Crippen molar-refractivity contribution >= 4 is 5.91 Å². The molecule has 0 bridgehead atoms. The van der Waals surface area contributed by atoms with Gasteiger partial charge in [0.15, 0.2) is 0 Å². The molecule has 0 aliphatic rings. The Morgan fingerprint density at radius 2 is 1.63 bits per heavy atom. The van der Waals surface area contributed by atoms with Gasteiger partial charge in [0.1, 0.15) is 5.54 Å². The molecule has 3 nitrogen and oxygen atoms in total. The summed E-state index contributed by atoms with van der Waals surface area (Å²) >= 11 is 0. The van der Waals surface area contributed by atoms with Gasteiger partial charge in [0.05, 0.1) is 0 Å². The molecule has 1 atom stereocenters. The summed E-state index contributed by atoms with van der Waals surface area (Å²) in [7, 11) is 0. The largest absolute Gasteiger partial charge is 0.368 e. The number of carbonyl (C=O) groups excluding carboxylic acids is 1. The first kappa shape index (κ1) is 18.4. The van der Waals surface area contributed by atoms with Crippen molar-refractivity contribution in [2.75, 3.05) is 6.54 Å². The number of nitrogens with two attached hydrogens (primary N) is 1. The Morgan fingerprint density at radius 1 is 1.16 bits per heavy atom. The van der Waals surface area contributed by atoms with Gasteiger partial charge in [0.2, 0.25) is 5.91 Å². The van der Waals surface area contributed by atoms with Crippen LogP contribution in [0.2, 0.25) is 0 Å². The lowest BCUT2D eigenvalue weighted by atomic mass is 9.75. The summed E-state index contributed by atoms with van der Waals surface area (Å²) < 4.78 is 0. The topological polar surface area (TPSA) is 55.1 Å². The lowest BCUT2D eigenvalue weighted by molar-refractivity contribution is -0.127. The summed E-state index contributed by atoms with van der Waals surface area (Å²) in [5.74, 6) is 0.658. The number of hydrogen-bond acceptors (Lipinski definition) is 2. The summed E-state index contributed by atoms with van der Waals surface area (Å²) in [6.45, 7) is 16.1. The molecule has 3 heteroatoms. The van der Waals surface area contributed by atoms with Crippen molar-refractivity contribution < 1.29 is 4.79 Å². The van der Waals surface area contributed by atoms with Crippen LogP contribution in [-0.4, -0.2) is 18.0 Å². The molecule has 0 heterocycles. The van der Waals surface area contributed by atoms with E-state index >= 15 is 0 Å². The molecule has 0 saturated heterocycles. The minimum Gasteiger partial charge on any atom is -0.368 e. The molecule has 1 amide bonds. The van der Waals surface area contributed by atoms with Crippen molar-refractivity contribution in [3.8, 4) is 0 Å². The second-order valence-corrected chi connectivity index (χ2v) is 6.70. The zero-order chi connectivity index (χ0) is 15.3. The van der Waals surface area contributed by atoms with Crippen molar-refractivity contribution in [3.63, 3.8) is 0 Å². The van der Waals surface area contributed by atoms with E-state index in [0.717, 1.165) is 25.8 Å². The maximum absolute atomic E-state index is 12.1. The highest BCUT2D eigenvalue weighted by atomic mass is 16.1. The molecule has 0 aliphatic heterocycles. The van der Waals surface area contributed by atoms with Gasteiger partial charge in [0.25, 0.3) is 0 Å². The van der Waals surface area contributed by atoms with E-state index in [1.807, 2.05) is 0 Å². The fourth-order valence-corrected chi connectivity index (χ4v) is 2.60. The van der Waals surface area contributed by atoms with Crippen LogP contribution >= 0.6 is 0 Å². The van der Waals surface area contributed by atoms with Gasteiger partial charge in [-0.2, -0.15) is 0 Å². The fourth-order valence-electron chi connectivity index (χ4n) is 2.60. The number of amides is 1. The molecule has 0 aromatic carbocycles. The van der Waals surface area contributed by atoms with Crippen molar-refractivity contribution in [1.29, 1.82) is 0 Å². The first-order valence-electron chi connectivity index (χ1n) is 7.72. The lowest BCUT2D eigenvalue weighted by Crippen LogP contribution is -2.61. The monoisotopic (exact) mass is 270 g/mol. The smallest absolute Gasteiger partial charge is 0.238 e. The van der Waals surface area contributed by atoms with Crippen LogP contribution in [0.5, 0.6) is 0 Å². The van der Waals surface area contributed by atoms with E-state index in [2.05, 4.69) is 53.8 Å². The number of carbonyl (C=O) groups is 1. The standard InChI is InChI=1S/C16H34N2O/c1-8-13(9-2)16(10-3,14(17)19)18-11-15(6,7)12(4)5/h12-13,18H,8-11H2,1-7H3,(H2,17,19). The van der Waals surface area contributed by atoms with E-state index in [0.29, 0.717) is 11.8 Å². The SMILES string of the molecule is CCC(CC)C(CC)(NCC(C)(C)C(C)C)C(N)=O. The third-order valence-corrected chi connectivity index (χ3v) is 5.10. The third-order valence-electron chi connectivity index (χ3n) is 5.10.